The van der Waals surface area contributed by atoms with Crippen LogP contribution < -0.4 is 5.32 Å². The third kappa shape index (κ3) is 1.99. The Morgan fingerprint density at radius 2 is 2.39 bits per heavy atom. The maximum atomic E-state index is 13.5. The molecule has 5 heteroatoms. The fraction of sp³-hybridized carbons (Fsp3) is 0.538. The number of carbonyl (C=O) groups excluding carboxylic acids is 1. The van der Waals surface area contributed by atoms with Gasteiger partial charge in [0.05, 0.1) is 11.8 Å². The van der Waals surface area contributed by atoms with Crippen LogP contribution >= 0.6 is 0 Å². The van der Waals surface area contributed by atoms with Crippen molar-refractivity contribution in [3.63, 3.8) is 0 Å². The number of fused-ring (bicyclic) bond motifs is 1. The molecule has 1 aromatic rings. The van der Waals surface area contributed by atoms with E-state index in [1.807, 2.05) is 0 Å². The summed E-state index contributed by atoms with van der Waals surface area (Å²) in [5.74, 6) is -0.232. The molecule has 4 nitrogen and oxygen atoms in total. The molecular weight excluding hydrogens is 233 g/mol. The van der Waals surface area contributed by atoms with Crippen molar-refractivity contribution in [1.82, 2.24) is 15.2 Å². The van der Waals surface area contributed by atoms with Gasteiger partial charge in [0.25, 0.3) is 5.91 Å². The first kappa shape index (κ1) is 11.6. The highest BCUT2D eigenvalue weighted by Gasteiger charge is 2.37. The maximum Gasteiger partial charge on any atom is 0.257 e. The molecule has 96 valence electrons. The van der Waals surface area contributed by atoms with Crippen molar-refractivity contribution in [3.8, 4) is 0 Å². The molecule has 0 aromatic carbocycles. The summed E-state index contributed by atoms with van der Waals surface area (Å²) in [4.78, 5) is 17.7. The van der Waals surface area contributed by atoms with Crippen LogP contribution in [0.25, 0.3) is 0 Å². The Kier molecular flexibility index (Phi) is 2.99. The van der Waals surface area contributed by atoms with Crippen LogP contribution in [-0.4, -0.2) is 41.5 Å². The number of amides is 1. The van der Waals surface area contributed by atoms with E-state index in [1.165, 1.54) is 12.3 Å². The summed E-state index contributed by atoms with van der Waals surface area (Å²) >= 11 is 0. The molecule has 3 heterocycles. The molecule has 0 spiro atoms. The molecular formula is C13H16FN3O. The fourth-order valence-electron chi connectivity index (χ4n) is 2.93. The standard InChI is InChI=1S/C13H16FN3O/c14-11-6-15-5-3-10(11)13(18)17-7-9-2-1-4-16-12(9)8-17/h3,5-6,9,12,16H,1-2,4,7-8H2. The van der Waals surface area contributed by atoms with E-state index in [2.05, 4.69) is 10.3 Å². The van der Waals surface area contributed by atoms with E-state index in [0.29, 0.717) is 18.5 Å². The van der Waals surface area contributed by atoms with Gasteiger partial charge >= 0.3 is 0 Å². The lowest BCUT2D eigenvalue weighted by atomic mass is 9.94. The summed E-state index contributed by atoms with van der Waals surface area (Å²) in [5.41, 5.74) is 0.128. The van der Waals surface area contributed by atoms with Gasteiger partial charge in [-0.3, -0.25) is 9.78 Å². The van der Waals surface area contributed by atoms with Crippen LogP contribution in [0.4, 0.5) is 4.39 Å². The molecule has 0 radical (unpaired) electrons. The third-order valence-corrected chi connectivity index (χ3v) is 3.89. The molecule has 2 saturated heterocycles. The van der Waals surface area contributed by atoms with Gasteiger partial charge in [0.15, 0.2) is 5.82 Å². The van der Waals surface area contributed by atoms with E-state index in [9.17, 15) is 9.18 Å². The number of hydrogen-bond donors (Lipinski definition) is 1. The largest absolute Gasteiger partial charge is 0.337 e. The third-order valence-electron chi connectivity index (χ3n) is 3.89. The minimum Gasteiger partial charge on any atom is -0.337 e. The second-order valence-corrected chi connectivity index (χ2v) is 5.03. The number of pyridine rings is 1. The normalized spacial score (nSPS) is 27.1. The minimum atomic E-state index is -0.537. The highest BCUT2D eigenvalue weighted by Crippen LogP contribution is 2.26. The Balaban J connectivity index is 1.76. The van der Waals surface area contributed by atoms with E-state index in [0.717, 1.165) is 32.1 Å². The SMILES string of the molecule is O=C(c1ccncc1F)N1CC2CCCNC2C1. The Labute approximate surface area is 105 Å². The Hall–Kier alpha value is -1.49. The van der Waals surface area contributed by atoms with Crippen LogP contribution in [0.1, 0.15) is 23.2 Å². The van der Waals surface area contributed by atoms with Crippen molar-refractivity contribution >= 4 is 5.91 Å². The average molecular weight is 249 g/mol. The minimum absolute atomic E-state index is 0.128. The summed E-state index contributed by atoms with van der Waals surface area (Å²) < 4.78 is 13.5. The van der Waals surface area contributed by atoms with Crippen molar-refractivity contribution in [1.29, 1.82) is 0 Å². The first-order chi connectivity index (χ1) is 8.75. The van der Waals surface area contributed by atoms with Gasteiger partial charge in [-0.15, -0.1) is 0 Å². The number of aromatic nitrogens is 1. The number of halogens is 1. The fourth-order valence-corrected chi connectivity index (χ4v) is 2.93. The van der Waals surface area contributed by atoms with Crippen LogP contribution in [0, 0.1) is 11.7 Å². The van der Waals surface area contributed by atoms with Crippen molar-refractivity contribution in [2.75, 3.05) is 19.6 Å². The number of carbonyl (C=O) groups is 1. The molecule has 0 aliphatic carbocycles. The van der Waals surface area contributed by atoms with Crippen molar-refractivity contribution in [2.24, 2.45) is 5.92 Å². The van der Waals surface area contributed by atoms with E-state index >= 15 is 0 Å². The van der Waals surface area contributed by atoms with Crippen LogP contribution in [0.15, 0.2) is 18.5 Å². The number of hydrogen-bond acceptors (Lipinski definition) is 3. The molecule has 0 saturated carbocycles. The Bertz CT molecular complexity index is 451. The topological polar surface area (TPSA) is 45.2 Å². The van der Waals surface area contributed by atoms with Crippen molar-refractivity contribution in [3.05, 3.63) is 29.8 Å². The van der Waals surface area contributed by atoms with Crippen LogP contribution in [0.5, 0.6) is 0 Å². The molecule has 0 bridgehead atoms. The van der Waals surface area contributed by atoms with E-state index in [1.54, 1.807) is 4.90 Å². The lowest BCUT2D eigenvalue weighted by Crippen LogP contribution is -2.41. The average Bonchev–Trinajstić information content (AvgIpc) is 2.82. The molecule has 1 aromatic heterocycles. The van der Waals surface area contributed by atoms with E-state index < -0.39 is 5.82 Å². The second kappa shape index (κ2) is 4.65. The molecule has 2 unspecified atom stereocenters. The quantitative estimate of drug-likeness (QED) is 0.809. The van der Waals surface area contributed by atoms with Crippen molar-refractivity contribution < 1.29 is 9.18 Å². The predicted octanol–water partition coefficient (Wildman–Crippen LogP) is 1.04. The smallest absolute Gasteiger partial charge is 0.257 e. The maximum absolute atomic E-state index is 13.5. The molecule has 1 N–H and O–H groups in total. The second-order valence-electron chi connectivity index (χ2n) is 5.03. The van der Waals surface area contributed by atoms with Gasteiger partial charge in [0.2, 0.25) is 0 Å². The lowest BCUT2D eigenvalue weighted by Gasteiger charge is -2.24. The predicted molar refractivity (Wildman–Crippen MR) is 64.6 cm³/mol. The van der Waals surface area contributed by atoms with Gasteiger partial charge < -0.3 is 10.2 Å². The number of rotatable bonds is 1. The molecule has 2 aliphatic rings. The molecule has 2 atom stereocenters. The number of piperidine rings is 1. The summed E-state index contributed by atoms with van der Waals surface area (Å²) in [5, 5.41) is 3.43. The van der Waals surface area contributed by atoms with Crippen LogP contribution in [0.2, 0.25) is 0 Å². The Morgan fingerprint density at radius 1 is 1.50 bits per heavy atom. The summed E-state index contributed by atoms with van der Waals surface area (Å²) in [6, 6.07) is 1.83. The highest BCUT2D eigenvalue weighted by molar-refractivity contribution is 5.94. The van der Waals surface area contributed by atoms with Gasteiger partial charge in [-0.1, -0.05) is 0 Å². The lowest BCUT2D eigenvalue weighted by molar-refractivity contribution is 0.0781. The molecule has 3 rings (SSSR count). The van der Waals surface area contributed by atoms with Crippen LogP contribution in [-0.2, 0) is 0 Å². The zero-order valence-electron chi connectivity index (χ0n) is 10.1. The highest BCUT2D eigenvalue weighted by atomic mass is 19.1. The summed E-state index contributed by atoms with van der Waals surface area (Å²) in [6.07, 6.45) is 4.86. The van der Waals surface area contributed by atoms with Gasteiger partial charge in [-0.05, 0) is 31.4 Å². The first-order valence-corrected chi connectivity index (χ1v) is 6.38. The summed E-state index contributed by atoms with van der Waals surface area (Å²) in [6.45, 7) is 2.44. The monoisotopic (exact) mass is 249 g/mol. The molecule has 18 heavy (non-hydrogen) atoms. The van der Waals surface area contributed by atoms with Gasteiger partial charge in [-0.2, -0.15) is 0 Å². The first-order valence-electron chi connectivity index (χ1n) is 6.38. The molecule has 2 aliphatic heterocycles. The van der Waals surface area contributed by atoms with Crippen molar-refractivity contribution in [2.45, 2.75) is 18.9 Å². The van der Waals surface area contributed by atoms with Crippen LogP contribution in [0.3, 0.4) is 0 Å². The van der Waals surface area contributed by atoms with E-state index in [4.69, 9.17) is 0 Å². The van der Waals surface area contributed by atoms with Gasteiger partial charge in [-0.25, -0.2) is 4.39 Å². The zero-order valence-corrected chi connectivity index (χ0v) is 10.1. The number of nitrogens with one attached hydrogen (secondary N) is 1. The Morgan fingerprint density at radius 3 is 3.17 bits per heavy atom. The van der Waals surface area contributed by atoms with Gasteiger partial charge in [0, 0.05) is 25.3 Å². The van der Waals surface area contributed by atoms with Gasteiger partial charge in [0.1, 0.15) is 0 Å². The summed E-state index contributed by atoms with van der Waals surface area (Å²) in [7, 11) is 0. The van der Waals surface area contributed by atoms with E-state index in [-0.39, 0.29) is 11.5 Å². The number of nitrogens with zero attached hydrogens (tertiary/aromatic N) is 2. The number of likely N-dealkylation sites (tertiary alicyclic amines) is 1. The molecule has 2 fully saturated rings. The molecule has 1 amide bonds. The zero-order chi connectivity index (χ0) is 12.5.